The van der Waals surface area contributed by atoms with Gasteiger partial charge in [0.05, 0.1) is 5.41 Å². The minimum atomic E-state index is -6.73. The van der Waals surface area contributed by atoms with Crippen molar-refractivity contribution < 1.29 is 91.5 Å². The molecule has 8 nitrogen and oxygen atoms in total. The average Bonchev–Trinajstić information content (AvgIpc) is 2.69. The van der Waals surface area contributed by atoms with Crippen molar-refractivity contribution in [2.24, 2.45) is 5.41 Å². The normalized spacial score (nSPS) is 14.2. The summed E-state index contributed by atoms with van der Waals surface area (Å²) < 4.78 is 165. The highest BCUT2D eigenvalue weighted by Gasteiger charge is 2.78. The molecule has 0 fully saturated rings. The summed E-state index contributed by atoms with van der Waals surface area (Å²) in [5, 5.41) is 17.9. The summed E-state index contributed by atoms with van der Waals surface area (Å²) in [5.74, 6) is -8.26. The smallest absolute Gasteiger partial charge is 0.437 e. The van der Waals surface area contributed by atoms with E-state index < -0.39 is 84.6 Å². The van der Waals surface area contributed by atoms with Crippen LogP contribution in [0.5, 0.6) is 0 Å². The van der Waals surface area contributed by atoms with Crippen LogP contribution in [0.3, 0.4) is 0 Å². The Kier molecular flexibility index (Phi) is 9.75. The van der Waals surface area contributed by atoms with Crippen LogP contribution in [-0.2, 0) is 28.6 Å². The zero-order valence-corrected chi connectivity index (χ0v) is 18.2. The molecular weight excluding hydrogens is 560 g/mol. The number of rotatable bonds is 9. The fraction of sp³-hybridized carbons (Fsp3) is 0.706. The Hall–Kier alpha value is -2.77. The van der Waals surface area contributed by atoms with Crippen LogP contribution in [0, 0.1) is 5.41 Å². The van der Waals surface area contributed by atoms with Crippen molar-refractivity contribution in [1.29, 1.82) is 0 Å². The standard InChI is InChI=1S/C17H16F12O8/c1-7(2)8(30)35-4-11(3,5-36-9(31)12(33,14(18,19)20)15(21,22)23)6-37-10(32)13(34,16(24,25)26)17(27,28)29/h33-34H,1,4-6H2,2-3H3. The maximum absolute atomic E-state index is 12.8. The molecule has 0 unspecified atom stereocenters. The third kappa shape index (κ3) is 7.17. The first kappa shape index (κ1) is 34.2. The summed E-state index contributed by atoms with van der Waals surface area (Å²) >= 11 is 0. The van der Waals surface area contributed by atoms with Crippen molar-refractivity contribution in [1.82, 2.24) is 0 Å². The van der Waals surface area contributed by atoms with E-state index >= 15 is 0 Å². The van der Waals surface area contributed by atoms with Gasteiger partial charge >= 0.3 is 53.8 Å². The van der Waals surface area contributed by atoms with Crippen LogP contribution in [0.2, 0.25) is 0 Å². The van der Waals surface area contributed by atoms with E-state index in [9.17, 15) is 67.1 Å². The number of alkyl halides is 12. The van der Waals surface area contributed by atoms with Gasteiger partial charge in [0.2, 0.25) is 0 Å². The molecule has 0 aromatic rings. The Bertz CT molecular complexity index is 803. The van der Waals surface area contributed by atoms with Gasteiger partial charge in [0, 0.05) is 5.57 Å². The van der Waals surface area contributed by atoms with Crippen LogP contribution in [0.4, 0.5) is 52.7 Å². The second-order valence-electron chi connectivity index (χ2n) is 7.73. The minimum absolute atomic E-state index is 0.414. The van der Waals surface area contributed by atoms with E-state index in [4.69, 9.17) is 10.2 Å². The molecule has 0 aliphatic rings. The third-order valence-electron chi connectivity index (χ3n) is 4.24. The van der Waals surface area contributed by atoms with Crippen LogP contribution < -0.4 is 0 Å². The summed E-state index contributed by atoms with van der Waals surface area (Å²) in [5.41, 5.74) is -15.3. The fourth-order valence-electron chi connectivity index (χ4n) is 1.96. The Balaban J connectivity index is 6.11. The number of carbonyl (C=O) groups excluding carboxylic acids is 3. The largest absolute Gasteiger partial charge is 0.462 e. The Morgan fingerprint density at radius 1 is 0.622 bits per heavy atom. The van der Waals surface area contributed by atoms with E-state index in [1.165, 1.54) is 0 Å². The minimum Gasteiger partial charge on any atom is -0.462 e. The fourth-order valence-corrected chi connectivity index (χ4v) is 1.96. The lowest BCUT2D eigenvalue weighted by Crippen LogP contribution is -2.63. The van der Waals surface area contributed by atoms with Gasteiger partial charge in [-0.15, -0.1) is 0 Å². The van der Waals surface area contributed by atoms with Gasteiger partial charge in [-0.3, -0.25) is 0 Å². The molecule has 0 aliphatic heterocycles. The van der Waals surface area contributed by atoms with Crippen molar-refractivity contribution in [2.45, 2.75) is 49.8 Å². The molecule has 0 saturated heterocycles. The van der Waals surface area contributed by atoms with Gasteiger partial charge < -0.3 is 24.4 Å². The van der Waals surface area contributed by atoms with Gasteiger partial charge in [0.15, 0.2) is 0 Å². The SMILES string of the molecule is C=C(C)C(=O)OCC(C)(COC(=O)C(O)(C(F)(F)F)C(F)(F)F)COC(=O)C(O)(C(F)(F)F)C(F)(F)F. The first-order valence-corrected chi connectivity index (χ1v) is 8.97. The van der Waals surface area contributed by atoms with Crippen molar-refractivity contribution in [3.05, 3.63) is 12.2 Å². The lowest BCUT2D eigenvalue weighted by molar-refractivity contribution is -0.357. The Morgan fingerprint density at radius 3 is 1.08 bits per heavy atom. The highest BCUT2D eigenvalue weighted by Crippen LogP contribution is 2.45. The van der Waals surface area contributed by atoms with Gasteiger partial charge in [-0.2, -0.15) is 52.7 Å². The average molecular weight is 576 g/mol. The molecule has 2 N–H and O–H groups in total. The van der Waals surface area contributed by atoms with Crippen LogP contribution in [-0.4, -0.2) is 83.8 Å². The van der Waals surface area contributed by atoms with Gasteiger partial charge in [-0.05, 0) is 13.8 Å². The van der Waals surface area contributed by atoms with Crippen molar-refractivity contribution in [3.8, 4) is 0 Å². The quantitative estimate of drug-likeness (QED) is 0.186. The summed E-state index contributed by atoms with van der Waals surface area (Å²) in [6.07, 6.45) is -26.9. The maximum Gasteiger partial charge on any atom is 0.437 e. The molecule has 0 aromatic heterocycles. The van der Waals surface area contributed by atoms with Crippen LogP contribution in [0.15, 0.2) is 12.2 Å². The van der Waals surface area contributed by atoms with E-state index in [2.05, 4.69) is 20.8 Å². The molecule has 0 amide bonds. The van der Waals surface area contributed by atoms with Crippen LogP contribution >= 0.6 is 0 Å². The molecule has 0 radical (unpaired) electrons. The Morgan fingerprint density at radius 2 is 0.865 bits per heavy atom. The lowest BCUT2D eigenvalue weighted by atomic mass is 9.93. The summed E-state index contributed by atoms with van der Waals surface area (Å²) in [4.78, 5) is 34.6. The monoisotopic (exact) mass is 576 g/mol. The molecular formula is C17H16F12O8. The first-order valence-electron chi connectivity index (χ1n) is 8.97. The molecule has 0 atom stereocenters. The predicted molar refractivity (Wildman–Crippen MR) is 89.9 cm³/mol. The molecule has 216 valence electrons. The molecule has 37 heavy (non-hydrogen) atoms. The zero-order chi connectivity index (χ0) is 30.1. The van der Waals surface area contributed by atoms with Gasteiger partial charge in [0.25, 0.3) is 0 Å². The van der Waals surface area contributed by atoms with Crippen molar-refractivity contribution in [3.63, 3.8) is 0 Å². The molecule has 0 bridgehead atoms. The molecule has 0 saturated carbocycles. The molecule has 0 rings (SSSR count). The topological polar surface area (TPSA) is 119 Å². The highest BCUT2D eigenvalue weighted by molar-refractivity contribution is 5.87. The van der Waals surface area contributed by atoms with E-state index in [-0.39, 0.29) is 0 Å². The summed E-state index contributed by atoms with van der Waals surface area (Å²) in [7, 11) is 0. The summed E-state index contributed by atoms with van der Waals surface area (Å²) in [6.45, 7) is -0.581. The second kappa shape index (κ2) is 10.5. The number of ether oxygens (including phenoxy) is 3. The van der Waals surface area contributed by atoms with Gasteiger partial charge in [-0.25, -0.2) is 14.4 Å². The predicted octanol–water partition coefficient (Wildman–Crippen LogP) is 2.91. The molecule has 20 heteroatoms. The number of aliphatic hydroxyl groups is 2. The van der Waals surface area contributed by atoms with Crippen molar-refractivity contribution in [2.75, 3.05) is 19.8 Å². The van der Waals surface area contributed by atoms with E-state index in [0.29, 0.717) is 6.92 Å². The highest BCUT2D eigenvalue weighted by atomic mass is 19.4. The number of halogens is 12. The zero-order valence-electron chi connectivity index (χ0n) is 18.2. The number of hydrogen-bond acceptors (Lipinski definition) is 8. The molecule has 0 spiro atoms. The summed E-state index contributed by atoms with van der Waals surface area (Å²) in [6, 6.07) is 0. The van der Waals surface area contributed by atoms with Crippen LogP contribution in [0.25, 0.3) is 0 Å². The number of hydrogen-bond donors (Lipinski definition) is 2. The van der Waals surface area contributed by atoms with Gasteiger partial charge in [-0.1, -0.05) is 6.58 Å². The van der Waals surface area contributed by atoms with Gasteiger partial charge in [0.1, 0.15) is 19.8 Å². The third-order valence-corrected chi connectivity index (χ3v) is 4.24. The number of esters is 3. The second-order valence-corrected chi connectivity index (χ2v) is 7.73. The first-order chi connectivity index (χ1) is 16.1. The van der Waals surface area contributed by atoms with E-state index in [1.807, 2.05) is 0 Å². The van der Waals surface area contributed by atoms with Crippen LogP contribution in [0.1, 0.15) is 13.8 Å². The molecule has 0 aliphatic carbocycles. The molecule has 0 heterocycles. The maximum atomic E-state index is 12.8. The molecule has 0 aromatic carbocycles. The van der Waals surface area contributed by atoms with E-state index in [0.717, 1.165) is 6.92 Å². The number of carbonyl (C=O) groups is 3. The van der Waals surface area contributed by atoms with E-state index in [1.54, 1.807) is 0 Å². The van der Waals surface area contributed by atoms with Crippen molar-refractivity contribution >= 4 is 17.9 Å². The lowest BCUT2D eigenvalue weighted by Gasteiger charge is -2.34. The Labute approximate surface area is 197 Å².